The Kier molecular flexibility index (Phi) is 4.33. The zero-order valence-electron chi connectivity index (χ0n) is 10.7. The number of rotatable bonds is 5. The maximum Gasteiger partial charge on any atom is 0.134 e. The fourth-order valence-corrected chi connectivity index (χ4v) is 2.65. The molecule has 96 valence electrons. The van der Waals surface area contributed by atoms with Gasteiger partial charge in [-0.2, -0.15) is 0 Å². The number of hydrogen-bond donors (Lipinski definition) is 1. The number of hydrogen-bond acceptors (Lipinski definition) is 4. The molecule has 2 aromatic rings. The minimum Gasteiger partial charge on any atom is -0.389 e. The van der Waals surface area contributed by atoms with Crippen LogP contribution in [0.2, 0.25) is 0 Å². The predicted molar refractivity (Wildman–Crippen MR) is 75.9 cm³/mol. The highest BCUT2D eigenvalue weighted by Crippen LogP contribution is 2.25. The monoisotopic (exact) mass is 262 g/mol. The molecule has 0 aliphatic heterocycles. The average molecular weight is 262 g/mol. The van der Waals surface area contributed by atoms with Crippen molar-refractivity contribution in [3.63, 3.8) is 0 Å². The molecule has 0 saturated heterocycles. The number of pyridine rings is 1. The van der Waals surface area contributed by atoms with Gasteiger partial charge in [0.1, 0.15) is 5.82 Å². The first-order valence-electron chi connectivity index (χ1n) is 6.12. The summed E-state index contributed by atoms with van der Waals surface area (Å²) in [5.41, 5.74) is 0.885. The summed E-state index contributed by atoms with van der Waals surface area (Å²) in [6, 6.07) is 7.98. The lowest BCUT2D eigenvalue weighted by atomic mass is 10.1. The fourth-order valence-electron chi connectivity index (χ4n) is 1.93. The van der Waals surface area contributed by atoms with Crippen LogP contribution in [0.15, 0.2) is 35.8 Å². The van der Waals surface area contributed by atoms with Crippen molar-refractivity contribution in [1.82, 2.24) is 4.98 Å². The zero-order chi connectivity index (χ0) is 13.0. The minimum atomic E-state index is -0.494. The quantitative estimate of drug-likeness (QED) is 0.898. The molecule has 0 radical (unpaired) electrons. The molecular weight excluding hydrogens is 244 g/mol. The van der Waals surface area contributed by atoms with Gasteiger partial charge in [0.2, 0.25) is 0 Å². The molecular formula is C14H18N2OS. The van der Waals surface area contributed by atoms with Crippen LogP contribution in [0.5, 0.6) is 0 Å². The van der Waals surface area contributed by atoms with Gasteiger partial charge in [0.25, 0.3) is 0 Å². The van der Waals surface area contributed by atoms with E-state index in [9.17, 15) is 5.11 Å². The van der Waals surface area contributed by atoms with Crippen molar-refractivity contribution < 1.29 is 5.11 Å². The van der Waals surface area contributed by atoms with Gasteiger partial charge in [-0.05, 0) is 31.4 Å². The molecule has 0 aromatic carbocycles. The van der Waals surface area contributed by atoms with Crippen LogP contribution < -0.4 is 4.90 Å². The first-order chi connectivity index (χ1) is 8.72. The lowest BCUT2D eigenvalue weighted by Gasteiger charge is -2.24. The Morgan fingerprint density at radius 2 is 2.22 bits per heavy atom. The Bertz CT molecular complexity index is 482. The van der Waals surface area contributed by atoms with Gasteiger partial charge in [-0.1, -0.05) is 12.1 Å². The molecule has 1 atom stereocenters. The summed E-state index contributed by atoms with van der Waals surface area (Å²) in [6.45, 7) is 5.59. The smallest absolute Gasteiger partial charge is 0.134 e. The van der Waals surface area contributed by atoms with E-state index in [2.05, 4.69) is 34.3 Å². The maximum atomic E-state index is 9.81. The van der Waals surface area contributed by atoms with E-state index in [0.717, 1.165) is 24.5 Å². The number of thiophene rings is 1. The van der Waals surface area contributed by atoms with Crippen LogP contribution in [0, 0.1) is 0 Å². The summed E-state index contributed by atoms with van der Waals surface area (Å²) in [7, 11) is 0. The molecule has 2 aromatic heterocycles. The Morgan fingerprint density at radius 3 is 2.83 bits per heavy atom. The van der Waals surface area contributed by atoms with Gasteiger partial charge in [0.15, 0.2) is 0 Å². The third kappa shape index (κ3) is 2.89. The van der Waals surface area contributed by atoms with Crippen LogP contribution in [0.25, 0.3) is 0 Å². The standard InChI is InChI=1S/C14H18N2OS/c1-3-16(10-12-6-5-9-18-12)14-13(11(2)17)7-4-8-15-14/h4-9,11,17H,3,10H2,1-2H3/t11-/m0/s1. The lowest BCUT2D eigenvalue weighted by Crippen LogP contribution is -2.24. The molecule has 0 spiro atoms. The van der Waals surface area contributed by atoms with Gasteiger partial charge in [0.05, 0.1) is 12.6 Å². The number of anilines is 1. The molecule has 4 heteroatoms. The molecule has 0 aliphatic carbocycles. The fraction of sp³-hybridized carbons (Fsp3) is 0.357. The van der Waals surface area contributed by atoms with Gasteiger partial charge in [-0.15, -0.1) is 11.3 Å². The summed E-state index contributed by atoms with van der Waals surface area (Å²) in [5, 5.41) is 11.9. The molecule has 2 heterocycles. The van der Waals surface area contributed by atoms with Crippen LogP contribution in [0.1, 0.15) is 30.4 Å². The van der Waals surface area contributed by atoms with Crippen LogP contribution in [-0.2, 0) is 6.54 Å². The van der Waals surface area contributed by atoms with Crippen LogP contribution >= 0.6 is 11.3 Å². The van der Waals surface area contributed by atoms with Gasteiger partial charge >= 0.3 is 0 Å². The highest BCUT2D eigenvalue weighted by Gasteiger charge is 2.14. The number of aliphatic hydroxyl groups excluding tert-OH is 1. The number of aliphatic hydroxyl groups is 1. The minimum absolute atomic E-state index is 0.494. The molecule has 0 amide bonds. The molecule has 0 unspecified atom stereocenters. The zero-order valence-corrected chi connectivity index (χ0v) is 11.5. The van der Waals surface area contributed by atoms with Gasteiger partial charge < -0.3 is 10.0 Å². The van der Waals surface area contributed by atoms with Crippen molar-refractivity contribution in [2.45, 2.75) is 26.5 Å². The van der Waals surface area contributed by atoms with Crippen LogP contribution in [0.3, 0.4) is 0 Å². The molecule has 2 rings (SSSR count). The Hall–Kier alpha value is -1.39. The highest BCUT2D eigenvalue weighted by atomic mass is 32.1. The SMILES string of the molecule is CCN(Cc1cccs1)c1ncccc1[C@H](C)O. The van der Waals surface area contributed by atoms with E-state index < -0.39 is 6.10 Å². The van der Waals surface area contributed by atoms with Gasteiger partial charge in [-0.25, -0.2) is 4.98 Å². The van der Waals surface area contributed by atoms with Crippen molar-refractivity contribution >= 4 is 17.2 Å². The Balaban J connectivity index is 2.27. The summed E-state index contributed by atoms with van der Waals surface area (Å²) >= 11 is 1.74. The normalized spacial score (nSPS) is 12.4. The Labute approximate surface area is 112 Å². The second-order valence-electron chi connectivity index (χ2n) is 4.19. The first-order valence-corrected chi connectivity index (χ1v) is 7.00. The average Bonchev–Trinajstić information content (AvgIpc) is 2.88. The maximum absolute atomic E-state index is 9.81. The van der Waals surface area contributed by atoms with E-state index in [-0.39, 0.29) is 0 Å². The lowest BCUT2D eigenvalue weighted by molar-refractivity contribution is 0.199. The van der Waals surface area contributed by atoms with Gasteiger partial charge in [0, 0.05) is 23.2 Å². The second kappa shape index (κ2) is 5.98. The van der Waals surface area contributed by atoms with Crippen molar-refractivity contribution in [3.8, 4) is 0 Å². The summed E-state index contributed by atoms with van der Waals surface area (Å²) < 4.78 is 0. The molecule has 0 bridgehead atoms. The van der Waals surface area contributed by atoms with E-state index >= 15 is 0 Å². The summed E-state index contributed by atoms with van der Waals surface area (Å²) in [6.07, 6.45) is 1.28. The molecule has 3 nitrogen and oxygen atoms in total. The number of nitrogens with zero attached hydrogens (tertiary/aromatic N) is 2. The van der Waals surface area contributed by atoms with Gasteiger partial charge in [-0.3, -0.25) is 0 Å². The van der Waals surface area contributed by atoms with E-state index in [1.807, 2.05) is 12.1 Å². The van der Waals surface area contributed by atoms with E-state index in [4.69, 9.17) is 0 Å². The topological polar surface area (TPSA) is 36.4 Å². The largest absolute Gasteiger partial charge is 0.389 e. The van der Waals surface area contributed by atoms with Crippen molar-refractivity contribution in [3.05, 3.63) is 46.3 Å². The third-order valence-corrected chi connectivity index (χ3v) is 3.74. The summed E-state index contributed by atoms with van der Waals surface area (Å²) in [5.74, 6) is 0.878. The molecule has 18 heavy (non-hydrogen) atoms. The molecule has 0 fully saturated rings. The summed E-state index contributed by atoms with van der Waals surface area (Å²) in [4.78, 5) is 7.92. The third-order valence-electron chi connectivity index (χ3n) is 2.88. The predicted octanol–water partition coefficient (Wildman–Crippen LogP) is 3.22. The molecule has 1 N–H and O–H groups in total. The van der Waals surface area contributed by atoms with Crippen molar-refractivity contribution in [2.24, 2.45) is 0 Å². The van der Waals surface area contributed by atoms with Crippen LogP contribution in [0.4, 0.5) is 5.82 Å². The number of aromatic nitrogens is 1. The highest BCUT2D eigenvalue weighted by molar-refractivity contribution is 7.09. The van der Waals surface area contributed by atoms with E-state index in [1.165, 1.54) is 4.88 Å². The van der Waals surface area contributed by atoms with Crippen LogP contribution in [-0.4, -0.2) is 16.6 Å². The Morgan fingerprint density at radius 1 is 1.39 bits per heavy atom. The molecule has 0 saturated carbocycles. The van der Waals surface area contributed by atoms with E-state index in [0.29, 0.717) is 0 Å². The van der Waals surface area contributed by atoms with Crippen molar-refractivity contribution in [1.29, 1.82) is 0 Å². The van der Waals surface area contributed by atoms with E-state index in [1.54, 1.807) is 24.5 Å². The second-order valence-corrected chi connectivity index (χ2v) is 5.22. The molecule has 0 aliphatic rings. The first kappa shape index (κ1) is 13.1. The van der Waals surface area contributed by atoms with Crippen molar-refractivity contribution in [2.75, 3.05) is 11.4 Å².